The molecule has 3 nitrogen and oxygen atoms in total. The summed E-state index contributed by atoms with van der Waals surface area (Å²) < 4.78 is 0. The van der Waals surface area contributed by atoms with E-state index in [1.54, 1.807) is 7.05 Å². The maximum Gasteiger partial charge on any atom is 0.251 e. The summed E-state index contributed by atoms with van der Waals surface area (Å²) in [6.07, 6.45) is 0. The van der Waals surface area contributed by atoms with Crippen molar-refractivity contribution in [2.45, 2.75) is 32.9 Å². The first-order chi connectivity index (χ1) is 7.42. The fraction of sp³-hybridized carbons (Fsp3) is 0.462. The van der Waals surface area contributed by atoms with Gasteiger partial charge in [-0.25, -0.2) is 0 Å². The number of amides is 1. The van der Waals surface area contributed by atoms with Gasteiger partial charge in [-0.05, 0) is 38.5 Å². The minimum Gasteiger partial charge on any atom is -0.355 e. The number of carbonyl (C=O) groups is 1. The van der Waals surface area contributed by atoms with Gasteiger partial charge in [0, 0.05) is 24.7 Å². The Bertz CT molecular complexity index is 366. The van der Waals surface area contributed by atoms with Gasteiger partial charge in [0.25, 0.3) is 5.91 Å². The monoisotopic (exact) mass is 220 g/mol. The van der Waals surface area contributed by atoms with Gasteiger partial charge in [0.15, 0.2) is 0 Å². The number of rotatable bonds is 3. The molecule has 88 valence electrons. The number of carbonyl (C=O) groups excluding carboxylic acids is 1. The summed E-state index contributed by atoms with van der Waals surface area (Å²) >= 11 is 0. The molecule has 1 aromatic carbocycles. The molecule has 1 aromatic rings. The van der Waals surface area contributed by atoms with Gasteiger partial charge in [0.05, 0.1) is 0 Å². The predicted molar refractivity (Wildman–Crippen MR) is 66.4 cm³/mol. The first-order valence-corrected chi connectivity index (χ1v) is 5.48. The van der Waals surface area contributed by atoms with Gasteiger partial charge in [0.2, 0.25) is 0 Å². The second-order valence-corrected chi connectivity index (χ2v) is 4.88. The molecule has 0 unspecified atom stereocenters. The zero-order valence-electron chi connectivity index (χ0n) is 10.4. The van der Waals surface area contributed by atoms with Gasteiger partial charge >= 0.3 is 0 Å². The predicted octanol–water partition coefficient (Wildman–Crippen LogP) is 1.93. The lowest BCUT2D eigenvalue weighted by atomic mass is 10.1. The summed E-state index contributed by atoms with van der Waals surface area (Å²) in [6, 6.07) is 7.66. The van der Waals surface area contributed by atoms with Crippen molar-refractivity contribution in [1.29, 1.82) is 0 Å². The Morgan fingerprint density at radius 1 is 1.31 bits per heavy atom. The normalized spacial score (nSPS) is 11.2. The van der Waals surface area contributed by atoms with Crippen LogP contribution in [-0.4, -0.2) is 18.5 Å². The topological polar surface area (TPSA) is 41.1 Å². The van der Waals surface area contributed by atoms with Crippen LogP contribution in [0, 0.1) is 0 Å². The second kappa shape index (κ2) is 5.12. The average Bonchev–Trinajstić information content (AvgIpc) is 2.25. The molecule has 0 saturated heterocycles. The van der Waals surface area contributed by atoms with E-state index >= 15 is 0 Å². The molecule has 0 heterocycles. The lowest BCUT2D eigenvalue weighted by Crippen LogP contribution is -2.35. The Kier molecular flexibility index (Phi) is 4.07. The van der Waals surface area contributed by atoms with Crippen LogP contribution in [0.4, 0.5) is 0 Å². The van der Waals surface area contributed by atoms with Crippen LogP contribution in [0.3, 0.4) is 0 Å². The van der Waals surface area contributed by atoms with Crippen LogP contribution < -0.4 is 10.6 Å². The van der Waals surface area contributed by atoms with E-state index in [0.717, 1.165) is 12.1 Å². The molecule has 0 aliphatic heterocycles. The zero-order chi connectivity index (χ0) is 12.2. The fourth-order valence-electron chi connectivity index (χ4n) is 1.33. The standard InChI is InChI=1S/C13H20N2O/c1-13(2,3)15-9-10-6-5-7-11(8-10)12(16)14-4/h5-8,15H,9H2,1-4H3,(H,14,16). The van der Waals surface area contributed by atoms with E-state index in [9.17, 15) is 4.79 Å². The van der Waals surface area contributed by atoms with Gasteiger partial charge < -0.3 is 10.6 Å². The zero-order valence-corrected chi connectivity index (χ0v) is 10.4. The minimum absolute atomic E-state index is 0.0439. The molecule has 0 aromatic heterocycles. The molecular weight excluding hydrogens is 200 g/mol. The number of hydrogen-bond acceptors (Lipinski definition) is 2. The van der Waals surface area contributed by atoms with Crippen molar-refractivity contribution in [3.8, 4) is 0 Å². The third kappa shape index (κ3) is 4.03. The van der Waals surface area contributed by atoms with Crippen LogP contribution in [0.1, 0.15) is 36.7 Å². The van der Waals surface area contributed by atoms with E-state index in [4.69, 9.17) is 0 Å². The molecule has 0 atom stereocenters. The molecule has 0 spiro atoms. The Hall–Kier alpha value is -1.35. The van der Waals surface area contributed by atoms with Crippen LogP contribution in [0.2, 0.25) is 0 Å². The van der Waals surface area contributed by atoms with Gasteiger partial charge in [-0.3, -0.25) is 4.79 Å². The van der Waals surface area contributed by atoms with Crippen molar-refractivity contribution in [3.05, 3.63) is 35.4 Å². The van der Waals surface area contributed by atoms with E-state index in [0.29, 0.717) is 5.56 Å². The summed E-state index contributed by atoms with van der Waals surface area (Å²) in [5.74, 6) is -0.0439. The highest BCUT2D eigenvalue weighted by atomic mass is 16.1. The number of nitrogens with one attached hydrogen (secondary N) is 2. The number of hydrogen-bond donors (Lipinski definition) is 2. The molecular formula is C13H20N2O. The third-order valence-corrected chi connectivity index (χ3v) is 2.24. The number of benzene rings is 1. The van der Waals surface area contributed by atoms with Gasteiger partial charge in [-0.2, -0.15) is 0 Å². The smallest absolute Gasteiger partial charge is 0.251 e. The second-order valence-electron chi connectivity index (χ2n) is 4.88. The Morgan fingerprint density at radius 2 is 2.00 bits per heavy atom. The quantitative estimate of drug-likeness (QED) is 0.817. The van der Waals surface area contributed by atoms with Crippen molar-refractivity contribution in [2.75, 3.05) is 7.05 Å². The molecule has 0 aliphatic carbocycles. The largest absolute Gasteiger partial charge is 0.355 e. The van der Waals surface area contributed by atoms with Gasteiger partial charge in [0.1, 0.15) is 0 Å². The molecule has 0 radical (unpaired) electrons. The molecule has 0 aliphatic rings. The Morgan fingerprint density at radius 3 is 2.56 bits per heavy atom. The Balaban J connectivity index is 2.71. The highest BCUT2D eigenvalue weighted by Crippen LogP contribution is 2.07. The van der Waals surface area contributed by atoms with Crippen molar-refractivity contribution >= 4 is 5.91 Å². The van der Waals surface area contributed by atoms with Gasteiger partial charge in [-0.15, -0.1) is 0 Å². The molecule has 0 bridgehead atoms. The van der Waals surface area contributed by atoms with Crippen molar-refractivity contribution in [2.24, 2.45) is 0 Å². The third-order valence-electron chi connectivity index (χ3n) is 2.24. The van der Waals surface area contributed by atoms with Crippen LogP contribution in [-0.2, 0) is 6.54 Å². The minimum atomic E-state index is -0.0439. The van der Waals surface area contributed by atoms with E-state index in [1.807, 2.05) is 24.3 Å². The van der Waals surface area contributed by atoms with Crippen LogP contribution in [0.15, 0.2) is 24.3 Å². The maximum atomic E-state index is 11.4. The van der Waals surface area contributed by atoms with Crippen LogP contribution in [0.5, 0.6) is 0 Å². The van der Waals surface area contributed by atoms with Crippen molar-refractivity contribution in [3.63, 3.8) is 0 Å². The van der Waals surface area contributed by atoms with Gasteiger partial charge in [-0.1, -0.05) is 12.1 Å². The van der Waals surface area contributed by atoms with E-state index in [1.165, 1.54) is 0 Å². The molecule has 3 heteroatoms. The molecule has 16 heavy (non-hydrogen) atoms. The summed E-state index contributed by atoms with van der Waals surface area (Å²) in [6.45, 7) is 7.13. The summed E-state index contributed by atoms with van der Waals surface area (Å²) in [5.41, 5.74) is 1.91. The Labute approximate surface area is 97.2 Å². The average molecular weight is 220 g/mol. The lowest BCUT2D eigenvalue weighted by molar-refractivity contribution is 0.0963. The van der Waals surface area contributed by atoms with Crippen LogP contribution >= 0.6 is 0 Å². The summed E-state index contributed by atoms with van der Waals surface area (Å²) in [4.78, 5) is 11.4. The van der Waals surface area contributed by atoms with Crippen LogP contribution in [0.25, 0.3) is 0 Å². The lowest BCUT2D eigenvalue weighted by Gasteiger charge is -2.20. The first-order valence-electron chi connectivity index (χ1n) is 5.48. The molecule has 2 N–H and O–H groups in total. The SMILES string of the molecule is CNC(=O)c1cccc(CNC(C)(C)C)c1. The fourth-order valence-corrected chi connectivity index (χ4v) is 1.33. The highest BCUT2D eigenvalue weighted by molar-refractivity contribution is 5.94. The molecule has 1 amide bonds. The molecule has 0 saturated carbocycles. The molecule has 0 fully saturated rings. The van der Waals surface area contributed by atoms with E-state index in [2.05, 4.69) is 31.4 Å². The van der Waals surface area contributed by atoms with E-state index in [-0.39, 0.29) is 11.4 Å². The maximum absolute atomic E-state index is 11.4. The summed E-state index contributed by atoms with van der Waals surface area (Å²) in [7, 11) is 1.64. The van der Waals surface area contributed by atoms with E-state index < -0.39 is 0 Å². The first kappa shape index (κ1) is 12.7. The molecule has 1 rings (SSSR count). The highest BCUT2D eigenvalue weighted by Gasteiger charge is 2.09. The van der Waals surface area contributed by atoms with Crippen molar-refractivity contribution < 1.29 is 4.79 Å². The van der Waals surface area contributed by atoms with Crippen molar-refractivity contribution in [1.82, 2.24) is 10.6 Å². The summed E-state index contributed by atoms with van der Waals surface area (Å²) in [5, 5.41) is 6.01.